The van der Waals surface area contributed by atoms with Crippen LogP contribution in [0.2, 0.25) is 0 Å². The smallest absolute Gasteiger partial charge is 0.310 e. The molecule has 0 bridgehead atoms. The molecule has 0 amide bonds. The first kappa shape index (κ1) is 20.7. The van der Waals surface area contributed by atoms with Crippen molar-refractivity contribution in [1.29, 1.82) is 0 Å². The highest BCUT2D eigenvalue weighted by atomic mass is 32.2. The summed E-state index contributed by atoms with van der Waals surface area (Å²) >= 11 is 0. The fourth-order valence-electron chi connectivity index (χ4n) is 4.78. The van der Waals surface area contributed by atoms with Gasteiger partial charge in [0, 0.05) is 32.6 Å². The highest BCUT2D eigenvalue weighted by molar-refractivity contribution is 7.86. The molecule has 0 aromatic carbocycles. The van der Waals surface area contributed by atoms with Crippen molar-refractivity contribution in [3.05, 3.63) is 11.6 Å². The van der Waals surface area contributed by atoms with Crippen molar-refractivity contribution >= 4 is 16.2 Å². The quantitative estimate of drug-likeness (QED) is 0.666. The summed E-state index contributed by atoms with van der Waals surface area (Å²) in [5.41, 5.74) is 0. The zero-order valence-electron chi connectivity index (χ0n) is 17.1. The molecule has 0 N–H and O–H groups in total. The van der Waals surface area contributed by atoms with Crippen LogP contribution in [0, 0.1) is 5.92 Å². The van der Waals surface area contributed by atoms with Crippen LogP contribution in [-0.2, 0) is 32.7 Å². The molecule has 162 valence electrons. The first-order valence-electron chi connectivity index (χ1n) is 10.9. The number of aromatic nitrogens is 3. The number of nitrogens with zero attached hydrogens (tertiary/aromatic N) is 5. The van der Waals surface area contributed by atoms with Gasteiger partial charge in [-0.2, -0.15) is 17.0 Å². The van der Waals surface area contributed by atoms with Crippen LogP contribution in [0.15, 0.2) is 0 Å². The number of carbonyl (C=O) groups is 1. The summed E-state index contributed by atoms with van der Waals surface area (Å²) in [6.45, 7) is 4.06. The van der Waals surface area contributed by atoms with Crippen molar-refractivity contribution in [2.45, 2.75) is 70.9 Å². The summed E-state index contributed by atoms with van der Waals surface area (Å²) in [5, 5.41) is 8.77. The number of ether oxygens (including phenoxy) is 1. The molecule has 10 heteroatoms. The van der Waals surface area contributed by atoms with Gasteiger partial charge >= 0.3 is 5.97 Å². The van der Waals surface area contributed by atoms with E-state index in [4.69, 9.17) is 4.74 Å². The molecule has 0 radical (unpaired) electrons. The lowest BCUT2D eigenvalue weighted by Crippen LogP contribution is -2.49. The summed E-state index contributed by atoms with van der Waals surface area (Å²) in [6, 6.07) is -0.276. The number of rotatable bonds is 5. The summed E-state index contributed by atoms with van der Waals surface area (Å²) in [5.74, 6) is 1.07. The average Bonchev–Trinajstić information content (AvgIpc) is 3.30. The molecule has 1 aromatic heterocycles. The van der Waals surface area contributed by atoms with Crippen LogP contribution in [0.4, 0.5) is 0 Å². The molecule has 0 saturated carbocycles. The van der Waals surface area contributed by atoms with E-state index >= 15 is 0 Å². The van der Waals surface area contributed by atoms with Gasteiger partial charge in [0.15, 0.2) is 5.82 Å². The van der Waals surface area contributed by atoms with Crippen LogP contribution in [0.3, 0.4) is 0 Å². The van der Waals surface area contributed by atoms with Crippen LogP contribution in [-0.4, -0.2) is 64.0 Å². The van der Waals surface area contributed by atoms with Crippen LogP contribution in [0.1, 0.15) is 69.6 Å². The third kappa shape index (κ3) is 4.06. The van der Waals surface area contributed by atoms with Crippen LogP contribution in [0.25, 0.3) is 0 Å². The monoisotopic (exact) mass is 425 g/mol. The Hall–Kier alpha value is -1.52. The number of fused-ring (bicyclic) bond motifs is 1. The largest absolute Gasteiger partial charge is 0.466 e. The maximum Gasteiger partial charge on any atom is 0.310 e. The minimum Gasteiger partial charge on any atom is -0.466 e. The molecular formula is C19H31N5O4S. The Balaban J connectivity index is 1.55. The van der Waals surface area contributed by atoms with Gasteiger partial charge in [0.2, 0.25) is 0 Å². The topological polar surface area (TPSA) is 97.6 Å². The Morgan fingerprint density at radius 2 is 1.90 bits per heavy atom. The van der Waals surface area contributed by atoms with Gasteiger partial charge in [-0.15, -0.1) is 10.2 Å². The van der Waals surface area contributed by atoms with Crippen molar-refractivity contribution in [3.8, 4) is 0 Å². The summed E-state index contributed by atoms with van der Waals surface area (Å²) < 4.78 is 37.3. The first-order valence-corrected chi connectivity index (χ1v) is 12.3. The van der Waals surface area contributed by atoms with Crippen LogP contribution < -0.4 is 0 Å². The standard InChI is InChI=1S/C19H31N5O4S/c1-2-28-19(25)15-8-6-11-22(14-15)29(26,27)24-13-7-9-16(24)18-21-20-17-10-4-3-5-12-23(17)18/h15-16H,2-14H2,1H3. The lowest BCUT2D eigenvalue weighted by Gasteiger charge is -2.35. The molecule has 2 unspecified atom stereocenters. The fraction of sp³-hybridized carbons (Fsp3) is 0.842. The van der Waals surface area contributed by atoms with Gasteiger partial charge in [-0.05, 0) is 45.4 Å². The Morgan fingerprint density at radius 1 is 1.07 bits per heavy atom. The maximum absolute atomic E-state index is 13.5. The predicted molar refractivity (Wildman–Crippen MR) is 106 cm³/mol. The molecular weight excluding hydrogens is 394 g/mol. The molecule has 2 saturated heterocycles. The summed E-state index contributed by atoms with van der Waals surface area (Å²) in [7, 11) is -3.68. The lowest BCUT2D eigenvalue weighted by atomic mass is 10.0. The Kier molecular flexibility index (Phi) is 6.21. The third-order valence-corrected chi connectivity index (χ3v) is 8.28. The SMILES string of the molecule is CCOC(=O)C1CCCN(S(=O)(=O)N2CCCC2c2nnc3n2CCCCC3)C1. The second-order valence-electron chi connectivity index (χ2n) is 8.16. The fourth-order valence-corrected chi connectivity index (χ4v) is 6.69. The number of carbonyl (C=O) groups excluding carboxylic acids is 1. The maximum atomic E-state index is 13.5. The Bertz CT molecular complexity index is 840. The molecule has 2 fully saturated rings. The molecule has 3 aliphatic rings. The molecule has 2 atom stereocenters. The van der Waals surface area contributed by atoms with Crippen LogP contribution >= 0.6 is 0 Å². The molecule has 9 nitrogen and oxygen atoms in total. The molecule has 4 heterocycles. The highest BCUT2D eigenvalue weighted by Gasteiger charge is 2.43. The molecule has 3 aliphatic heterocycles. The van der Waals surface area contributed by atoms with Gasteiger partial charge < -0.3 is 9.30 Å². The molecule has 0 spiro atoms. The van der Waals surface area contributed by atoms with Crippen molar-refractivity contribution in [2.24, 2.45) is 5.92 Å². The van der Waals surface area contributed by atoms with E-state index in [0.29, 0.717) is 32.5 Å². The van der Waals surface area contributed by atoms with Gasteiger partial charge in [-0.3, -0.25) is 4.79 Å². The van der Waals surface area contributed by atoms with E-state index in [9.17, 15) is 13.2 Å². The highest BCUT2D eigenvalue weighted by Crippen LogP contribution is 2.36. The van der Waals surface area contributed by atoms with E-state index in [1.165, 1.54) is 10.7 Å². The van der Waals surface area contributed by atoms with Crippen molar-refractivity contribution in [2.75, 3.05) is 26.2 Å². The average molecular weight is 426 g/mol. The Morgan fingerprint density at radius 3 is 2.72 bits per heavy atom. The molecule has 29 heavy (non-hydrogen) atoms. The second kappa shape index (κ2) is 8.69. The van der Waals surface area contributed by atoms with Crippen molar-refractivity contribution < 1.29 is 17.9 Å². The second-order valence-corrected chi connectivity index (χ2v) is 10.0. The minimum absolute atomic E-state index is 0.197. The van der Waals surface area contributed by atoms with Gasteiger partial charge in [0.1, 0.15) is 5.82 Å². The van der Waals surface area contributed by atoms with E-state index in [0.717, 1.165) is 50.3 Å². The number of hydrogen-bond acceptors (Lipinski definition) is 6. The van der Waals surface area contributed by atoms with Crippen molar-refractivity contribution in [3.63, 3.8) is 0 Å². The Labute approximate surface area is 172 Å². The zero-order valence-corrected chi connectivity index (χ0v) is 17.9. The van der Waals surface area contributed by atoms with Crippen molar-refractivity contribution in [1.82, 2.24) is 23.4 Å². The van der Waals surface area contributed by atoms with E-state index in [2.05, 4.69) is 14.8 Å². The lowest BCUT2D eigenvalue weighted by molar-refractivity contribution is -0.149. The first-order chi connectivity index (χ1) is 14.0. The van der Waals surface area contributed by atoms with Crippen LogP contribution in [0.5, 0.6) is 0 Å². The van der Waals surface area contributed by atoms with E-state index < -0.39 is 10.2 Å². The van der Waals surface area contributed by atoms with Gasteiger partial charge in [-0.1, -0.05) is 6.42 Å². The molecule has 1 aromatic rings. The minimum atomic E-state index is -3.68. The van der Waals surface area contributed by atoms with E-state index in [1.807, 2.05) is 0 Å². The molecule has 4 rings (SSSR count). The zero-order chi connectivity index (χ0) is 20.4. The number of esters is 1. The van der Waals surface area contributed by atoms with E-state index in [-0.39, 0.29) is 24.5 Å². The summed E-state index contributed by atoms with van der Waals surface area (Å²) in [4.78, 5) is 12.2. The number of aryl methyl sites for hydroxylation is 1. The number of piperidine rings is 1. The third-order valence-electron chi connectivity index (χ3n) is 6.27. The predicted octanol–water partition coefficient (Wildman–Crippen LogP) is 1.66. The van der Waals surface area contributed by atoms with Gasteiger partial charge in [0.25, 0.3) is 10.2 Å². The summed E-state index contributed by atoms with van der Waals surface area (Å²) in [6.07, 6.45) is 7.15. The van der Waals surface area contributed by atoms with Gasteiger partial charge in [-0.25, -0.2) is 0 Å². The van der Waals surface area contributed by atoms with E-state index in [1.54, 1.807) is 11.2 Å². The normalized spacial score (nSPS) is 26.8. The molecule has 0 aliphatic carbocycles. The van der Waals surface area contributed by atoms with Gasteiger partial charge in [0.05, 0.1) is 18.6 Å². The number of hydrogen-bond donors (Lipinski definition) is 0.